The molecule has 0 saturated carbocycles. The first-order valence-electron chi connectivity index (χ1n) is 5.49. The Bertz CT molecular complexity index is 463. The number of aryl methyl sites for hydroxylation is 1. The number of aliphatic hydroxyl groups is 1. The van der Waals surface area contributed by atoms with Crippen LogP contribution in [0.2, 0.25) is 0 Å². The highest BCUT2D eigenvalue weighted by molar-refractivity contribution is 7.89. The average molecular weight is 260 g/mol. The zero-order valence-corrected chi connectivity index (χ0v) is 11.3. The molecule has 0 radical (unpaired) electrons. The lowest BCUT2D eigenvalue weighted by Crippen LogP contribution is -2.34. The summed E-state index contributed by atoms with van der Waals surface area (Å²) in [6.45, 7) is 4.19. The molecule has 98 valence electrons. The summed E-state index contributed by atoms with van der Waals surface area (Å²) in [4.78, 5) is 0.264. The van der Waals surface area contributed by atoms with Gasteiger partial charge in [-0.05, 0) is 17.9 Å². The molecule has 0 saturated heterocycles. The van der Waals surface area contributed by atoms with Crippen molar-refractivity contribution < 1.29 is 13.5 Å². The molecule has 0 amide bonds. The maximum atomic E-state index is 11.9. The second-order valence-electron chi connectivity index (χ2n) is 4.98. The Morgan fingerprint density at radius 3 is 2.59 bits per heavy atom. The minimum atomic E-state index is -3.44. The van der Waals surface area contributed by atoms with Gasteiger partial charge in [-0.3, -0.25) is 0 Å². The van der Waals surface area contributed by atoms with Crippen molar-refractivity contribution in [3.8, 4) is 0 Å². The van der Waals surface area contributed by atoms with Crippen molar-refractivity contribution in [1.82, 2.24) is 9.29 Å². The van der Waals surface area contributed by atoms with Crippen LogP contribution in [0.15, 0.2) is 23.4 Å². The van der Waals surface area contributed by atoms with E-state index in [-0.39, 0.29) is 16.9 Å². The molecule has 1 aromatic heterocycles. The van der Waals surface area contributed by atoms with Crippen LogP contribution in [0.3, 0.4) is 0 Å². The molecule has 0 spiro atoms. The van der Waals surface area contributed by atoms with E-state index in [2.05, 4.69) is 4.72 Å². The van der Waals surface area contributed by atoms with Crippen LogP contribution in [-0.4, -0.2) is 31.2 Å². The van der Waals surface area contributed by atoms with Gasteiger partial charge in [0.05, 0.1) is 4.90 Å². The SMILES string of the molecule is Cn1ccc(S(=O)(=O)NCC(C)(C)CCO)c1. The second kappa shape index (κ2) is 5.20. The van der Waals surface area contributed by atoms with Crippen LogP contribution in [0, 0.1) is 5.41 Å². The normalized spacial score (nSPS) is 12.9. The van der Waals surface area contributed by atoms with Crippen molar-refractivity contribution in [2.45, 2.75) is 25.2 Å². The van der Waals surface area contributed by atoms with Crippen LogP contribution < -0.4 is 4.72 Å². The molecule has 0 fully saturated rings. The van der Waals surface area contributed by atoms with Crippen LogP contribution in [0.25, 0.3) is 0 Å². The minimum absolute atomic E-state index is 0.0556. The van der Waals surface area contributed by atoms with E-state index in [0.717, 1.165) is 0 Å². The number of hydrogen-bond donors (Lipinski definition) is 2. The number of nitrogens with zero attached hydrogens (tertiary/aromatic N) is 1. The fraction of sp³-hybridized carbons (Fsp3) is 0.636. The molecule has 2 N–H and O–H groups in total. The Balaban J connectivity index is 2.69. The molecule has 1 aromatic rings. The van der Waals surface area contributed by atoms with Crippen LogP contribution in [0.1, 0.15) is 20.3 Å². The topological polar surface area (TPSA) is 71.3 Å². The summed E-state index contributed by atoms with van der Waals surface area (Å²) in [7, 11) is -1.67. The van der Waals surface area contributed by atoms with E-state index >= 15 is 0 Å². The third kappa shape index (κ3) is 4.14. The first-order chi connectivity index (χ1) is 7.77. The van der Waals surface area contributed by atoms with Gasteiger partial charge in [0, 0.05) is 32.6 Å². The van der Waals surface area contributed by atoms with Crippen molar-refractivity contribution in [1.29, 1.82) is 0 Å². The summed E-state index contributed by atoms with van der Waals surface area (Å²) < 4.78 is 28.1. The number of aromatic nitrogens is 1. The van der Waals surface area contributed by atoms with E-state index in [1.807, 2.05) is 13.8 Å². The molecule has 1 rings (SSSR count). The largest absolute Gasteiger partial charge is 0.396 e. The van der Waals surface area contributed by atoms with Gasteiger partial charge < -0.3 is 9.67 Å². The molecule has 5 nitrogen and oxygen atoms in total. The van der Waals surface area contributed by atoms with Gasteiger partial charge in [0.15, 0.2) is 0 Å². The molecule has 0 aliphatic rings. The third-order valence-corrected chi connectivity index (χ3v) is 4.03. The summed E-state index contributed by atoms with van der Waals surface area (Å²) in [5.74, 6) is 0. The van der Waals surface area contributed by atoms with Gasteiger partial charge in [0.25, 0.3) is 0 Å². The van der Waals surface area contributed by atoms with Gasteiger partial charge >= 0.3 is 0 Å². The highest BCUT2D eigenvalue weighted by Gasteiger charge is 2.22. The predicted molar refractivity (Wildman–Crippen MR) is 66.1 cm³/mol. The average Bonchev–Trinajstić information content (AvgIpc) is 2.63. The number of nitrogens with one attached hydrogen (secondary N) is 1. The van der Waals surface area contributed by atoms with Gasteiger partial charge in [-0.25, -0.2) is 13.1 Å². The van der Waals surface area contributed by atoms with E-state index < -0.39 is 10.0 Å². The molecular formula is C11H20N2O3S. The monoisotopic (exact) mass is 260 g/mol. The van der Waals surface area contributed by atoms with Gasteiger partial charge in [-0.1, -0.05) is 13.8 Å². The molecule has 17 heavy (non-hydrogen) atoms. The smallest absolute Gasteiger partial charge is 0.242 e. The van der Waals surface area contributed by atoms with Crippen LogP contribution >= 0.6 is 0 Å². The Labute approximate surface area is 103 Å². The van der Waals surface area contributed by atoms with Crippen molar-refractivity contribution in [3.63, 3.8) is 0 Å². The van der Waals surface area contributed by atoms with Gasteiger partial charge in [-0.2, -0.15) is 0 Å². The van der Waals surface area contributed by atoms with Gasteiger partial charge in [-0.15, -0.1) is 0 Å². The Hall–Kier alpha value is -0.850. The zero-order valence-electron chi connectivity index (χ0n) is 10.5. The lowest BCUT2D eigenvalue weighted by Gasteiger charge is -2.23. The summed E-state index contributed by atoms with van der Waals surface area (Å²) in [5, 5.41) is 8.87. The van der Waals surface area contributed by atoms with Crippen LogP contribution in [-0.2, 0) is 17.1 Å². The molecule has 0 aliphatic carbocycles. The highest BCUT2D eigenvalue weighted by Crippen LogP contribution is 2.19. The molecular weight excluding hydrogens is 240 g/mol. The molecule has 0 unspecified atom stereocenters. The minimum Gasteiger partial charge on any atom is -0.396 e. The highest BCUT2D eigenvalue weighted by atomic mass is 32.2. The summed E-state index contributed by atoms with van der Waals surface area (Å²) >= 11 is 0. The summed E-state index contributed by atoms with van der Waals surface area (Å²) in [6.07, 6.45) is 3.80. The van der Waals surface area contributed by atoms with Crippen molar-refractivity contribution in [2.24, 2.45) is 12.5 Å². The van der Waals surface area contributed by atoms with Gasteiger partial charge in [0.1, 0.15) is 0 Å². The zero-order chi connectivity index (χ0) is 13.1. The van der Waals surface area contributed by atoms with E-state index in [9.17, 15) is 8.42 Å². The van der Waals surface area contributed by atoms with E-state index in [1.165, 1.54) is 0 Å². The standard InChI is InChI=1S/C11H20N2O3S/c1-11(2,5-7-14)9-12-17(15,16)10-4-6-13(3)8-10/h4,6,8,12,14H,5,7,9H2,1-3H3. The Kier molecular flexibility index (Phi) is 4.35. The van der Waals surface area contributed by atoms with E-state index in [1.54, 1.807) is 30.1 Å². The van der Waals surface area contributed by atoms with Crippen LogP contribution in [0.5, 0.6) is 0 Å². The fourth-order valence-corrected chi connectivity index (χ4v) is 2.69. The maximum Gasteiger partial charge on any atom is 0.242 e. The van der Waals surface area contributed by atoms with Crippen molar-refractivity contribution in [3.05, 3.63) is 18.5 Å². The molecule has 0 aromatic carbocycles. The van der Waals surface area contributed by atoms with Gasteiger partial charge in [0.2, 0.25) is 10.0 Å². The summed E-state index contributed by atoms with van der Waals surface area (Å²) in [5.41, 5.74) is -0.253. The lowest BCUT2D eigenvalue weighted by molar-refractivity contribution is 0.213. The molecule has 1 heterocycles. The third-order valence-electron chi connectivity index (χ3n) is 2.64. The molecule has 0 bridgehead atoms. The summed E-state index contributed by atoms with van der Waals surface area (Å²) in [6, 6.07) is 1.56. The van der Waals surface area contributed by atoms with Crippen molar-refractivity contribution in [2.75, 3.05) is 13.2 Å². The number of rotatable bonds is 6. The van der Waals surface area contributed by atoms with Crippen LogP contribution in [0.4, 0.5) is 0 Å². The lowest BCUT2D eigenvalue weighted by atomic mass is 9.90. The first-order valence-corrected chi connectivity index (χ1v) is 6.98. The Morgan fingerprint density at radius 1 is 1.47 bits per heavy atom. The van der Waals surface area contributed by atoms with E-state index in [4.69, 9.17) is 5.11 Å². The van der Waals surface area contributed by atoms with E-state index in [0.29, 0.717) is 13.0 Å². The molecule has 0 aliphatic heterocycles. The maximum absolute atomic E-state index is 11.9. The quantitative estimate of drug-likeness (QED) is 0.791. The molecule has 6 heteroatoms. The fourth-order valence-electron chi connectivity index (χ4n) is 1.40. The number of sulfonamides is 1. The first kappa shape index (κ1) is 14.2. The second-order valence-corrected chi connectivity index (χ2v) is 6.74. The van der Waals surface area contributed by atoms with Crippen molar-refractivity contribution >= 4 is 10.0 Å². The predicted octanol–water partition coefficient (Wildman–Crippen LogP) is 0.712. The number of hydrogen-bond acceptors (Lipinski definition) is 3. The Morgan fingerprint density at radius 2 is 2.12 bits per heavy atom. The number of aliphatic hydroxyl groups excluding tert-OH is 1. The molecule has 0 atom stereocenters.